The van der Waals surface area contributed by atoms with Gasteiger partial charge in [-0.3, -0.25) is 4.79 Å². The number of hydrogen-bond acceptors (Lipinski definition) is 4. The topological polar surface area (TPSA) is 59.4 Å². The van der Waals surface area contributed by atoms with Crippen LogP contribution in [0.15, 0.2) is 18.2 Å². The number of carbonyl (C=O) groups is 1. The molecule has 16 heavy (non-hydrogen) atoms. The van der Waals surface area contributed by atoms with Crippen molar-refractivity contribution in [2.45, 2.75) is 13.8 Å². The molecule has 0 aliphatic rings. The molecule has 0 bridgehead atoms. The van der Waals surface area contributed by atoms with Crippen molar-refractivity contribution in [3.05, 3.63) is 23.8 Å². The molecule has 0 radical (unpaired) electrons. The first-order valence-corrected chi connectivity index (χ1v) is 5.16. The smallest absolute Gasteiger partial charge is 0.203 e. The summed E-state index contributed by atoms with van der Waals surface area (Å²) >= 11 is 0. The zero-order valence-electron chi connectivity index (χ0n) is 9.45. The lowest BCUT2D eigenvalue weighted by atomic mass is 10.1. The molecular formula is C12H15NO3. The molecule has 1 rings (SSSR count). The number of hydrogen-bond donors (Lipinski definition) is 1. The summed E-state index contributed by atoms with van der Waals surface area (Å²) in [5.41, 5.74) is 0.407. The maximum Gasteiger partial charge on any atom is 0.203 e. The summed E-state index contributed by atoms with van der Waals surface area (Å²) in [6.07, 6.45) is 0.779. The van der Waals surface area contributed by atoms with E-state index in [0.29, 0.717) is 30.3 Å². The number of carbonyl (C=O) groups excluding carboxylic acids is 1. The Morgan fingerprint density at radius 2 is 1.69 bits per heavy atom. The molecule has 4 nitrogen and oxygen atoms in total. The molecule has 0 saturated carbocycles. The van der Waals surface area contributed by atoms with E-state index in [1.165, 1.54) is 0 Å². The van der Waals surface area contributed by atoms with Crippen LogP contribution in [0.2, 0.25) is 0 Å². The van der Waals surface area contributed by atoms with Crippen LogP contribution in [0.4, 0.5) is 0 Å². The molecule has 4 heteroatoms. The Kier molecular flexibility index (Phi) is 4.51. The van der Waals surface area contributed by atoms with Crippen molar-refractivity contribution in [1.82, 2.24) is 0 Å². The average Bonchev–Trinajstić information content (AvgIpc) is 2.28. The van der Waals surface area contributed by atoms with Crippen molar-refractivity contribution < 1.29 is 14.3 Å². The van der Waals surface area contributed by atoms with Crippen LogP contribution in [-0.4, -0.2) is 25.2 Å². The Morgan fingerprint density at radius 3 is 2.06 bits per heavy atom. The normalized spacial score (nSPS) is 9.62. The number of rotatable bonds is 6. The largest absolute Gasteiger partial charge is 0.494 e. The molecule has 1 aromatic rings. The Balaban J connectivity index is 3.07. The first-order chi connectivity index (χ1) is 7.71. The molecule has 0 saturated heterocycles. The Bertz CT molecular complexity index is 364. The number of Topliss-reactive ketones (excluding diaryl/α,β-unsaturated/α-hetero) is 1. The monoisotopic (exact) mass is 221 g/mol. The van der Waals surface area contributed by atoms with E-state index in [4.69, 9.17) is 14.9 Å². The standard InChI is InChI=1S/C12H15NO3/c1-3-15-10-5-9(12(14)8-13)6-11(7-10)16-4-2/h5-8,13H,3-4H2,1-2H3. The lowest BCUT2D eigenvalue weighted by molar-refractivity contribution is 0.106. The summed E-state index contributed by atoms with van der Waals surface area (Å²) in [4.78, 5) is 11.4. The fraction of sp³-hybridized carbons (Fsp3) is 0.333. The zero-order valence-corrected chi connectivity index (χ0v) is 9.45. The molecule has 0 fully saturated rings. The summed E-state index contributed by atoms with van der Waals surface area (Å²) in [7, 11) is 0. The third-order valence-electron chi connectivity index (χ3n) is 1.92. The van der Waals surface area contributed by atoms with Gasteiger partial charge in [0.2, 0.25) is 5.78 Å². The van der Waals surface area contributed by atoms with E-state index >= 15 is 0 Å². The predicted octanol–water partition coefficient (Wildman–Crippen LogP) is 2.32. The number of ketones is 1. The average molecular weight is 221 g/mol. The van der Waals surface area contributed by atoms with Gasteiger partial charge in [-0.1, -0.05) is 0 Å². The van der Waals surface area contributed by atoms with E-state index in [9.17, 15) is 4.79 Å². The highest BCUT2D eigenvalue weighted by molar-refractivity contribution is 6.34. The van der Waals surface area contributed by atoms with Gasteiger partial charge < -0.3 is 14.9 Å². The molecule has 0 aliphatic carbocycles. The summed E-state index contributed by atoms with van der Waals surface area (Å²) < 4.78 is 10.6. The van der Waals surface area contributed by atoms with E-state index in [2.05, 4.69) is 0 Å². The van der Waals surface area contributed by atoms with E-state index in [1.807, 2.05) is 13.8 Å². The van der Waals surface area contributed by atoms with Gasteiger partial charge in [-0.25, -0.2) is 0 Å². The maximum atomic E-state index is 11.4. The summed E-state index contributed by atoms with van der Waals surface area (Å²) in [5, 5.41) is 6.93. The van der Waals surface area contributed by atoms with Gasteiger partial charge in [0.1, 0.15) is 11.5 Å². The minimum Gasteiger partial charge on any atom is -0.494 e. The van der Waals surface area contributed by atoms with E-state index in [1.54, 1.807) is 18.2 Å². The molecular weight excluding hydrogens is 206 g/mol. The van der Waals surface area contributed by atoms with Crippen LogP contribution >= 0.6 is 0 Å². The predicted molar refractivity (Wildman–Crippen MR) is 61.9 cm³/mol. The highest BCUT2D eigenvalue weighted by atomic mass is 16.5. The van der Waals surface area contributed by atoms with Crippen LogP contribution < -0.4 is 9.47 Å². The van der Waals surface area contributed by atoms with E-state index < -0.39 is 0 Å². The lowest BCUT2D eigenvalue weighted by Gasteiger charge is -2.09. The van der Waals surface area contributed by atoms with Crippen LogP contribution in [0.1, 0.15) is 24.2 Å². The van der Waals surface area contributed by atoms with Gasteiger partial charge in [0.05, 0.1) is 19.4 Å². The van der Waals surface area contributed by atoms with Gasteiger partial charge in [0.15, 0.2) is 0 Å². The first kappa shape index (κ1) is 12.2. The van der Waals surface area contributed by atoms with Gasteiger partial charge in [-0.2, -0.15) is 0 Å². The molecule has 0 aliphatic heterocycles. The van der Waals surface area contributed by atoms with E-state index in [0.717, 1.165) is 6.21 Å². The van der Waals surface area contributed by atoms with Crippen molar-refractivity contribution in [3.63, 3.8) is 0 Å². The SMILES string of the molecule is CCOc1cc(OCC)cc(C(=O)C=N)c1. The molecule has 0 atom stereocenters. The van der Waals surface area contributed by atoms with Crippen molar-refractivity contribution in [2.24, 2.45) is 0 Å². The van der Waals surface area contributed by atoms with Crippen molar-refractivity contribution >= 4 is 12.0 Å². The van der Waals surface area contributed by atoms with Gasteiger partial charge in [0.25, 0.3) is 0 Å². The number of ether oxygens (including phenoxy) is 2. The van der Waals surface area contributed by atoms with Crippen LogP contribution in [0, 0.1) is 5.41 Å². The lowest BCUT2D eigenvalue weighted by Crippen LogP contribution is -2.02. The van der Waals surface area contributed by atoms with Gasteiger partial charge >= 0.3 is 0 Å². The quantitative estimate of drug-likeness (QED) is 0.592. The Hall–Kier alpha value is -1.84. The second-order valence-electron chi connectivity index (χ2n) is 3.07. The van der Waals surface area contributed by atoms with Crippen molar-refractivity contribution in [3.8, 4) is 11.5 Å². The minimum absolute atomic E-state index is 0.359. The molecule has 1 N–H and O–H groups in total. The maximum absolute atomic E-state index is 11.4. The second-order valence-corrected chi connectivity index (χ2v) is 3.07. The third-order valence-corrected chi connectivity index (χ3v) is 1.92. The van der Waals surface area contributed by atoms with Gasteiger partial charge in [0, 0.05) is 11.6 Å². The van der Waals surface area contributed by atoms with Crippen LogP contribution in [0.5, 0.6) is 11.5 Å². The molecule has 1 aromatic carbocycles. The van der Waals surface area contributed by atoms with Gasteiger partial charge in [-0.05, 0) is 26.0 Å². The summed E-state index contributed by atoms with van der Waals surface area (Å²) in [5.74, 6) is 0.805. The highest BCUT2D eigenvalue weighted by Gasteiger charge is 2.07. The number of nitrogens with one attached hydrogen (secondary N) is 1. The Morgan fingerprint density at radius 1 is 1.19 bits per heavy atom. The fourth-order valence-electron chi connectivity index (χ4n) is 1.30. The van der Waals surface area contributed by atoms with Crippen LogP contribution in [0.3, 0.4) is 0 Å². The molecule has 0 unspecified atom stereocenters. The van der Waals surface area contributed by atoms with Crippen LogP contribution in [-0.2, 0) is 0 Å². The first-order valence-electron chi connectivity index (χ1n) is 5.16. The van der Waals surface area contributed by atoms with E-state index in [-0.39, 0.29) is 5.78 Å². The number of benzene rings is 1. The fourth-order valence-corrected chi connectivity index (χ4v) is 1.30. The van der Waals surface area contributed by atoms with Crippen LogP contribution in [0.25, 0.3) is 0 Å². The molecule has 0 aromatic heterocycles. The highest BCUT2D eigenvalue weighted by Crippen LogP contribution is 2.23. The Labute approximate surface area is 94.7 Å². The summed E-state index contributed by atoms with van der Waals surface area (Å²) in [6.45, 7) is 4.78. The third kappa shape index (κ3) is 3.08. The zero-order chi connectivity index (χ0) is 12.0. The molecule has 86 valence electrons. The summed E-state index contributed by atoms with van der Waals surface area (Å²) in [6, 6.07) is 4.95. The minimum atomic E-state index is -0.359. The van der Waals surface area contributed by atoms with Gasteiger partial charge in [-0.15, -0.1) is 0 Å². The van der Waals surface area contributed by atoms with Crippen molar-refractivity contribution in [2.75, 3.05) is 13.2 Å². The molecule has 0 heterocycles. The van der Waals surface area contributed by atoms with Crippen molar-refractivity contribution in [1.29, 1.82) is 5.41 Å². The molecule has 0 spiro atoms. The molecule has 0 amide bonds. The second kappa shape index (κ2) is 5.90.